The molecule has 0 heterocycles. The standard InChI is InChI=1S/C12H15Cl2NO2/c1-7-5-10(14)11(6-9(7)13)15-8(2)3-4-12(16)17/h5-6,8,15H,3-4H2,1-2H3,(H,16,17). The van der Waals surface area contributed by atoms with Gasteiger partial charge in [-0.15, -0.1) is 0 Å². The first kappa shape index (κ1) is 14.1. The van der Waals surface area contributed by atoms with Gasteiger partial charge in [-0.2, -0.15) is 0 Å². The molecular formula is C12H15Cl2NO2. The number of hydrogen-bond donors (Lipinski definition) is 2. The maximum atomic E-state index is 10.4. The first-order chi connectivity index (χ1) is 7.90. The fourth-order valence-corrected chi connectivity index (χ4v) is 1.87. The minimum atomic E-state index is -0.799. The zero-order valence-corrected chi connectivity index (χ0v) is 11.3. The Morgan fingerprint density at radius 2 is 2.06 bits per heavy atom. The Kier molecular flexibility index (Phi) is 5.09. The molecule has 94 valence electrons. The fraction of sp³-hybridized carbons (Fsp3) is 0.417. The van der Waals surface area contributed by atoms with Gasteiger partial charge in [0.1, 0.15) is 0 Å². The number of rotatable bonds is 5. The lowest BCUT2D eigenvalue weighted by molar-refractivity contribution is -0.137. The van der Waals surface area contributed by atoms with Crippen molar-refractivity contribution >= 4 is 34.9 Å². The second-order valence-electron chi connectivity index (χ2n) is 4.06. The van der Waals surface area contributed by atoms with E-state index in [1.807, 2.05) is 13.8 Å². The molecule has 0 fully saturated rings. The van der Waals surface area contributed by atoms with Crippen LogP contribution in [0.1, 0.15) is 25.3 Å². The Morgan fingerprint density at radius 3 is 2.65 bits per heavy atom. The van der Waals surface area contributed by atoms with Crippen molar-refractivity contribution in [2.45, 2.75) is 32.7 Å². The Bertz CT molecular complexity index is 421. The predicted octanol–water partition coefficient (Wildman–Crippen LogP) is 3.97. The molecule has 0 saturated heterocycles. The molecule has 17 heavy (non-hydrogen) atoms. The van der Waals surface area contributed by atoms with E-state index in [1.165, 1.54) is 0 Å². The van der Waals surface area contributed by atoms with Crippen LogP contribution in [0.3, 0.4) is 0 Å². The molecule has 0 spiro atoms. The highest BCUT2D eigenvalue weighted by atomic mass is 35.5. The number of nitrogens with one attached hydrogen (secondary N) is 1. The Hall–Kier alpha value is -0.930. The van der Waals surface area contributed by atoms with Crippen LogP contribution in [0.2, 0.25) is 10.0 Å². The van der Waals surface area contributed by atoms with Crippen molar-refractivity contribution in [3.8, 4) is 0 Å². The summed E-state index contributed by atoms with van der Waals surface area (Å²) in [6, 6.07) is 3.58. The van der Waals surface area contributed by atoms with Crippen LogP contribution < -0.4 is 5.32 Å². The van der Waals surface area contributed by atoms with Gasteiger partial charge in [-0.1, -0.05) is 23.2 Å². The normalized spacial score (nSPS) is 12.2. The van der Waals surface area contributed by atoms with Crippen molar-refractivity contribution in [2.24, 2.45) is 0 Å². The summed E-state index contributed by atoms with van der Waals surface area (Å²) in [5.41, 5.74) is 1.65. The van der Waals surface area contributed by atoms with E-state index in [4.69, 9.17) is 28.3 Å². The molecule has 0 aliphatic carbocycles. The lowest BCUT2D eigenvalue weighted by atomic mass is 10.1. The zero-order chi connectivity index (χ0) is 13.0. The highest BCUT2D eigenvalue weighted by Gasteiger charge is 2.09. The highest BCUT2D eigenvalue weighted by molar-refractivity contribution is 6.35. The summed E-state index contributed by atoms with van der Waals surface area (Å²) in [7, 11) is 0. The third kappa shape index (κ3) is 4.44. The Morgan fingerprint density at radius 1 is 1.41 bits per heavy atom. The second-order valence-corrected chi connectivity index (χ2v) is 4.87. The largest absolute Gasteiger partial charge is 0.481 e. The molecule has 3 nitrogen and oxygen atoms in total. The molecular weight excluding hydrogens is 261 g/mol. The van der Waals surface area contributed by atoms with Gasteiger partial charge < -0.3 is 10.4 Å². The molecule has 0 bridgehead atoms. The van der Waals surface area contributed by atoms with Gasteiger partial charge in [-0.25, -0.2) is 0 Å². The van der Waals surface area contributed by atoms with Crippen LogP contribution in [0.15, 0.2) is 12.1 Å². The summed E-state index contributed by atoms with van der Waals surface area (Å²) in [5, 5.41) is 13.0. The predicted molar refractivity (Wildman–Crippen MR) is 71.2 cm³/mol. The molecule has 1 aromatic carbocycles. The van der Waals surface area contributed by atoms with E-state index in [1.54, 1.807) is 12.1 Å². The average molecular weight is 276 g/mol. The van der Waals surface area contributed by atoms with Crippen LogP contribution in [0.25, 0.3) is 0 Å². The molecule has 0 aliphatic rings. The molecule has 5 heteroatoms. The van der Waals surface area contributed by atoms with Crippen LogP contribution in [-0.4, -0.2) is 17.1 Å². The molecule has 2 N–H and O–H groups in total. The van der Waals surface area contributed by atoms with Crippen molar-refractivity contribution in [3.05, 3.63) is 27.7 Å². The zero-order valence-electron chi connectivity index (χ0n) is 9.76. The maximum Gasteiger partial charge on any atom is 0.303 e. The molecule has 0 amide bonds. The van der Waals surface area contributed by atoms with Crippen molar-refractivity contribution in [3.63, 3.8) is 0 Å². The summed E-state index contributed by atoms with van der Waals surface area (Å²) in [6.45, 7) is 3.79. The third-order valence-electron chi connectivity index (χ3n) is 2.44. The summed E-state index contributed by atoms with van der Waals surface area (Å²) in [4.78, 5) is 10.4. The van der Waals surface area contributed by atoms with Gasteiger partial charge in [-0.3, -0.25) is 4.79 Å². The van der Waals surface area contributed by atoms with Gasteiger partial charge in [0.25, 0.3) is 0 Å². The van der Waals surface area contributed by atoms with Crippen LogP contribution in [-0.2, 0) is 4.79 Å². The number of carboxylic acid groups (broad SMARTS) is 1. The lowest BCUT2D eigenvalue weighted by Gasteiger charge is -2.16. The van der Waals surface area contributed by atoms with Crippen molar-refractivity contribution in [1.82, 2.24) is 0 Å². The van der Waals surface area contributed by atoms with Gasteiger partial charge in [0.05, 0.1) is 10.7 Å². The number of aliphatic carboxylic acids is 1. The maximum absolute atomic E-state index is 10.4. The molecule has 0 aromatic heterocycles. The molecule has 1 rings (SSSR count). The smallest absolute Gasteiger partial charge is 0.303 e. The quantitative estimate of drug-likeness (QED) is 0.855. The van der Waals surface area contributed by atoms with Crippen molar-refractivity contribution < 1.29 is 9.90 Å². The number of benzene rings is 1. The first-order valence-electron chi connectivity index (χ1n) is 5.34. The first-order valence-corrected chi connectivity index (χ1v) is 6.09. The minimum absolute atomic E-state index is 0.0300. The van der Waals surface area contributed by atoms with Gasteiger partial charge in [0.15, 0.2) is 0 Å². The van der Waals surface area contributed by atoms with Gasteiger partial charge >= 0.3 is 5.97 Å². The monoisotopic (exact) mass is 275 g/mol. The summed E-state index contributed by atoms with van der Waals surface area (Å²) >= 11 is 12.1. The number of anilines is 1. The van der Waals surface area contributed by atoms with E-state index in [2.05, 4.69) is 5.32 Å². The van der Waals surface area contributed by atoms with Crippen LogP contribution in [0.4, 0.5) is 5.69 Å². The number of carbonyl (C=O) groups is 1. The van der Waals surface area contributed by atoms with Gasteiger partial charge in [0.2, 0.25) is 0 Å². The molecule has 1 unspecified atom stereocenters. The molecule has 1 atom stereocenters. The number of hydrogen-bond acceptors (Lipinski definition) is 2. The molecule has 0 radical (unpaired) electrons. The fourth-order valence-electron chi connectivity index (χ4n) is 1.43. The van der Waals surface area contributed by atoms with E-state index in [-0.39, 0.29) is 12.5 Å². The van der Waals surface area contributed by atoms with Crippen molar-refractivity contribution in [1.29, 1.82) is 0 Å². The number of halogens is 2. The lowest BCUT2D eigenvalue weighted by Crippen LogP contribution is -2.16. The van der Waals surface area contributed by atoms with E-state index < -0.39 is 5.97 Å². The number of aryl methyl sites for hydroxylation is 1. The Balaban J connectivity index is 2.68. The molecule has 1 aromatic rings. The van der Waals surface area contributed by atoms with Crippen LogP contribution in [0.5, 0.6) is 0 Å². The number of carboxylic acids is 1. The molecule has 0 aliphatic heterocycles. The SMILES string of the molecule is Cc1cc(Cl)c(NC(C)CCC(=O)O)cc1Cl. The van der Waals surface area contributed by atoms with Gasteiger partial charge in [0, 0.05) is 17.5 Å². The average Bonchev–Trinajstić information content (AvgIpc) is 2.23. The highest BCUT2D eigenvalue weighted by Crippen LogP contribution is 2.29. The van der Waals surface area contributed by atoms with E-state index in [9.17, 15) is 4.79 Å². The summed E-state index contributed by atoms with van der Waals surface area (Å²) in [5.74, 6) is -0.799. The third-order valence-corrected chi connectivity index (χ3v) is 3.16. The van der Waals surface area contributed by atoms with E-state index in [0.717, 1.165) is 11.3 Å². The van der Waals surface area contributed by atoms with Crippen LogP contribution in [0, 0.1) is 6.92 Å². The topological polar surface area (TPSA) is 49.3 Å². The van der Waals surface area contributed by atoms with Crippen LogP contribution >= 0.6 is 23.2 Å². The summed E-state index contributed by atoms with van der Waals surface area (Å²) < 4.78 is 0. The van der Waals surface area contributed by atoms with Gasteiger partial charge in [-0.05, 0) is 38.0 Å². The molecule has 0 saturated carbocycles. The second kappa shape index (κ2) is 6.12. The summed E-state index contributed by atoms with van der Waals surface area (Å²) in [6.07, 6.45) is 0.669. The van der Waals surface area contributed by atoms with E-state index >= 15 is 0 Å². The van der Waals surface area contributed by atoms with Crippen molar-refractivity contribution in [2.75, 3.05) is 5.32 Å². The minimum Gasteiger partial charge on any atom is -0.481 e. The Labute approximate surface area is 111 Å². The van der Waals surface area contributed by atoms with E-state index in [0.29, 0.717) is 16.5 Å².